The van der Waals surface area contributed by atoms with Crippen LogP contribution >= 0.6 is 0 Å². The van der Waals surface area contributed by atoms with Crippen LogP contribution in [0.3, 0.4) is 0 Å². The van der Waals surface area contributed by atoms with Crippen LogP contribution in [-0.2, 0) is 6.54 Å². The zero-order valence-electron chi connectivity index (χ0n) is 6.50. The molecule has 0 unspecified atom stereocenters. The Bertz CT molecular complexity index is 283. The SMILES string of the molecule is Cc1c(C=O)cnn1CC(F)F. The minimum Gasteiger partial charge on any atom is -0.298 e. The largest absolute Gasteiger partial charge is 0.298 e. The molecule has 0 spiro atoms. The summed E-state index contributed by atoms with van der Waals surface area (Å²) < 4.78 is 24.8. The minimum absolute atomic E-state index is 0.357. The van der Waals surface area contributed by atoms with Crippen molar-refractivity contribution in [3.8, 4) is 0 Å². The number of aldehydes is 1. The van der Waals surface area contributed by atoms with E-state index in [2.05, 4.69) is 5.10 Å². The third kappa shape index (κ3) is 1.66. The highest BCUT2D eigenvalue weighted by Crippen LogP contribution is 2.06. The van der Waals surface area contributed by atoms with Gasteiger partial charge >= 0.3 is 0 Å². The third-order valence-corrected chi connectivity index (χ3v) is 1.58. The maximum absolute atomic E-state index is 11.9. The van der Waals surface area contributed by atoms with Gasteiger partial charge in [-0.15, -0.1) is 0 Å². The summed E-state index contributed by atoms with van der Waals surface area (Å²) >= 11 is 0. The summed E-state index contributed by atoms with van der Waals surface area (Å²) in [5, 5.41) is 3.63. The lowest BCUT2D eigenvalue weighted by molar-refractivity contribution is 0.111. The van der Waals surface area contributed by atoms with Gasteiger partial charge in [0.15, 0.2) is 6.29 Å². The lowest BCUT2D eigenvalue weighted by Gasteiger charge is -2.01. The van der Waals surface area contributed by atoms with Gasteiger partial charge in [0.1, 0.15) is 6.54 Å². The first kappa shape index (κ1) is 8.83. The van der Waals surface area contributed by atoms with Gasteiger partial charge in [0, 0.05) is 5.69 Å². The van der Waals surface area contributed by atoms with E-state index >= 15 is 0 Å². The maximum Gasteiger partial charge on any atom is 0.257 e. The fourth-order valence-corrected chi connectivity index (χ4v) is 0.891. The molecule has 1 aromatic heterocycles. The molecule has 0 saturated carbocycles. The molecule has 0 saturated heterocycles. The molecule has 0 amide bonds. The predicted octanol–water partition coefficient (Wildman–Crippen LogP) is 1.27. The van der Waals surface area contributed by atoms with E-state index in [1.54, 1.807) is 6.92 Å². The number of alkyl halides is 2. The Morgan fingerprint density at radius 1 is 1.75 bits per heavy atom. The first-order valence-corrected chi connectivity index (χ1v) is 3.41. The molecular formula is C7H8F2N2O. The Balaban J connectivity index is 2.86. The fraction of sp³-hybridized carbons (Fsp3) is 0.429. The molecule has 0 aromatic carbocycles. The van der Waals surface area contributed by atoms with Crippen LogP contribution in [0, 0.1) is 6.92 Å². The van der Waals surface area contributed by atoms with Gasteiger partial charge in [-0.25, -0.2) is 8.78 Å². The van der Waals surface area contributed by atoms with E-state index < -0.39 is 13.0 Å². The summed E-state index contributed by atoms with van der Waals surface area (Å²) in [6.07, 6.45) is -0.558. The van der Waals surface area contributed by atoms with Crippen molar-refractivity contribution in [2.75, 3.05) is 0 Å². The molecule has 1 heterocycles. The Kier molecular flexibility index (Phi) is 2.52. The van der Waals surface area contributed by atoms with Gasteiger partial charge in [-0.2, -0.15) is 5.10 Å². The van der Waals surface area contributed by atoms with Crippen LogP contribution < -0.4 is 0 Å². The molecule has 66 valence electrons. The molecule has 0 atom stereocenters. The van der Waals surface area contributed by atoms with Crippen LogP contribution in [0.2, 0.25) is 0 Å². The van der Waals surface area contributed by atoms with Crippen molar-refractivity contribution in [3.63, 3.8) is 0 Å². The Morgan fingerprint density at radius 2 is 2.42 bits per heavy atom. The highest BCUT2D eigenvalue weighted by atomic mass is 19.3. The van der Waals surface area contributed by atoms with Crippen molar-refractivity contribution in [3.05, 3.63) is 17.5 Å². The van der Waals surface area contributed by atoms with Crippen LogP contribution in [0.25, 0.3) is 0 Å². The molecule has 0 aliphatic heterocycles. The molecule has 3 nitrogen and oxygen atoms in total. The Morgan fingerprint density at radius 3 is 2.83 bits per heavy atom. The monoisotopic (exact) mass is 174 g/mol. The first-order valence-electron chi connectivity index (χ1n) is 3.41. The number of aromatic nitrogens is 2. The molecule has 12 heavy (non-hydrogen) atoms. The lowest BCUT2D eigenvalue weighted by atomic mass is 10.3. The molecule has 1 aromatic rings. The van der Waals surface area contributed by atoms with Crippen LogP contribution in [0.5, 0.6) is 0 Å². The van der Waals surface area contributed by atoms with Crippen molar-refractivity contribution in [1.82, 2.24) is 9.78 Å². The molecule has 0 aliphatic rings. The molecular weight excluding hydrogens is 166 g/mol. The maximum atomic E-state index is 11.9. The van der Waals surface area contributed by atoms with E-state index in [0.29, 0.717) is 17.5 Å². The second-order valence-corrected chi connectivity index (χ2v) is 2.38. The highest BCUT2D eigenvalue weighted by Gasteiger charge is 2.09. The number of hydrogen-bond acceptors (Lipinski definition) is 2. The van der Waals surface area contributed by atoms with E-state index in [-0.39, 0.29) is 0 Å². The molecule has 5 heteroatoms. The number of halogens is 2. The smallest absolute Gasteiger partial charge is 0.257 e. The quantitative estimate of drug-likeness (QED) is 0.647. The van der Waals surface area contributed by atoms with Crippen LogP contribution in [0.15, 0.2) is 6.20 Å². The van der Waals surface area contributed by atoms with Gasteiger partial charge in [0.2, 0.25) is 0 Å². The summed E-state index contributed by atoms with van der Waals surface area (Å²) in [5.41, 5.74) is 0.834. The Labute approximate surface area is 68.0 Å². The summed E-state index contributed by atoms with van der Waals surface area (Å²) in [4.78, 5) is 10.3. The number of carbonyl (C=O) groups is 1. The van der Waals surface area contributed by atoms with Crippen molar-refractivity contribution < 1.29 is 13.6 Å². The normalized spacial score (nSPS) is 10.7. The summed E-state index contributed by atoms with van der Waals surface area (Å²) in [5.74, 6) is 0. The molecule has 0 N–H and O–H groups in total. The number of carbonyl (C=O) groups excluding carboxylic acids is 1. The number of hydrogen-bond donors (Lipinski definition) is 0. The van der Waals surface area contributed by atoms with Crippen molar-refractivity contribution in [2.24, 2.45) is 0 Å². The number of nitrogens with zero attached hydrogens (tertiary/aromatic N) is 2. The first-order chi connectivity index (χ1) is 5.65. The third-order valence-electron chi connectivity index (χ3n) is 1.58. The molecule has 0 radical (unpaired) electrons. The van der Waals surface area contributed by atoms with Crippen LogP contribution in [-0.4, -0.2) is 22.5 Å². The van der Waals surface area contributed by atoms with Crippen molar-refractivity contribution >= 4 is 6.29 Å². The van der Waals surface area contributed by atoms with E-state index in [4.69, 9.17) is 0 Å². The average molecular weight is 174 g/mol. The van der Waals surface area contributed by atoms with Gasteiger partial charge in [-0.05, 0) is 6.92 Å². The van der Waals surface area contributed by atoms with E-state index in [0.717, 1.165) is 4.68 Å². The minimum atomic E-state index is -2.44. The number of rotatable bonds is 3. The van der Waals surface area contributed by atoms with Crippen LogP contribution in [0.1, 0.15) is 16.1 Å². The second kappa shape index (κ2) is 3.42. The average Bonchev–Trinajstić information content (AvgIpc) is 2.32. The lowest BCUT2D eigenvalue weighted by Crippen LogP contribution is -2.09. The van der Waals surface area contributed by atoms with Crippen molar-refractivity contribution in [1.29, 1.82) is 0 Å². The van der Waals surface area contributed by atoms with E-state index in [1.807, 2.05) is 0 Å². The van der Waals surface area contributed by atoms with Crippen molar-refractivity contribution in [2.45, 2.75) is 19.9 Å². The standard InChI is InChI=1S/C7H8F2N2O/c1-5-6(4-12)2-10-11(5)3-7(8)9/h2,4,7H,3H2,1H3. The summed E-state index contributed by atoms with van der Waals surface area (Å²) in [7, 11) is 0. The molecule has 0 fully saturated rings. The Hall–Kier alpha value is -1.26. The summed E-state index contributed by atoms with van der Waals surface area (Å²) in [6, 6.07) is 0. The molecule has 1 rings (SSSR count). The highest BCUT2D eigenvalue weighted by molar-refractivity contribution is 5.75. The van der Waals surface area contributed by atoms with Gasteiger partial charge in [-0.1, -0.05) is 0 Å². The topological polar surface area (TPSA) is 34.9 Å². The fourth-order valence-electron chi connectivity index (χ4n) is 0.891. The second-order valence-electron chi connectivity index (χ2n) is 2.38. The molecule has 0 bridgehead atoms. The van der Waals surface area contributed by atoms with Gasteiger partial charge in [0.05, 0.1) is 11.8 Å². The zero-order chi connectivity index (χ0) is 9.14. The zero-order valence-corrected chi connectivity index (χ0v) is 6.50. The predicted molar refractivity (Wildman–Crippen MR) is 38.4 cm³/mol. The molecule has 0 aliphatic carbocycles. The summed E-state index contributed by atoms with van der Waals surface area (Å²) in [6.45, 7) is 1.12. The van der Waals surface area contributed by atoms with Gasteiger partial charge < -0.3 is 0 Å². The van der Waals surface area contributed by atoms with Gasteiger partial charge in [-0.3, -0.25) is 9.48 Å². The van der Waals surface area contributed by atoms with E-state index in [9.17, 15) is 13.6 Å². The van der Waals surface area contributed by atoms with E-state index in [1.165, 1.54) is 6.20 Å². The van der Waals surface area contributed by atoms with Crippen LogP contribution in [0.4, 0.5) is 8.78 Å². The van der Waals surface area contributed by atoms with Gasteiger partial charge in [0.25, 0.3) is 6.43 Å².